The van der Waals surface area contributed by atoms with Crippen LogP contribution < -0.4 is 0 Å². The number of esters is 1. The standard InChI is InChI=1S/C12H13NO2S/c1-8-3-5-9(6-4-8)11-13-10(7-16-11)12(14)15-2/h3-6,10H,7H2,1-2H3/t10-/m1/s1. The highest BCUT2D eigenvalue weighted by Crippen LogP contribution is 2.24. The van der Waals surface area contributed by atoms with Crippen molar-refractivity contribution in [3.63, 3.8) is 0 Å². The number of benzene rings is 1. The van der Waals surface area contributed by atoms with Gasteiger partial charge in [-0.15, -0.1) is 11.8 Å². The summed E-state index contributed by atoms with van der Waals surface area (Å²) in [6, 6.07) is 7.81. The van der Waals surface area contributed by atoms with Crippen molar-refractivity contribution >= 4 is 22.8 Å². The molecule has 1 atom stereocenters. The zero-order chi connectivity index (χ0) is 11.5. The van der Waals surface area contributed by atoms with Crippen LogP contribution >= 0.6 is 11.8 Å². The first kappa shape index (κ1) is 11.2. The number of ether oxygens (including phenoxy) is 1. The van der Waals surface area contributed by atoms with Gasteiger partial charge in [0.1, 0.15) is 0 Å². The maximum Gasteiger partial charge on any atom is 0.331 e. The Bertz CT molecular complexity index is 425. The molecule has 1 heterocycles. The van der Waals surface area contributed by atoms with E-state index in [1.165, 1.54) is 12.7 Å². The fourth-order valence-electron chi connectivity index (χ4n) is 1.48. The maximum atomic E-state index is 11.3. The van der Waals surface area contributed by atoms with Gasteiger partial charge in [-0.05, 0) is 6.92 Å². The smallest absolute Gasteiger partial charge is 0.331 e. The van der Waals surface area contributed by atoms with Gasteiger partial charge in [-0.25, -0.2) is 4.79 Å². The van der Waals surface area contributed by atoms with E-state index in [-0.39, 0.29) is 12.0 Å². The van der Waals surface area contributed by atoms with Gasteiger partial charge < -0.3 is 4.74 Å². The second kappa shape index (κ2) is 4.70. The van der Waals surface area contributed by atoms with Crippen molar-refractivity contribution < 1.29 is 9.53 Å². The van der Waals surface area contributed by atoms with Crippen LogP contribution in [-0.2, 0) is 9.53 Å². The number of aryl methyl sites for hydroxylation is 1. The molecular weight excluding hydrogens is 222 g/mol. The fraction of sp³-hybridized carbons (Fsp3) is 0.333. The van der Waals surface area contributed by atoms with Gasteiger partial charge in [-0.3, -0.25) is 4.99 Å². The number of carbonyl (C=O) groups excluding carboxylic acids is 1. The minimum atomic E-state index is -0.341. The number of carbonyl (C=O) groups is 1. The molecule has 1 aliphatic heterocycles. The molecule has 0 amide bonds. The summed E-state index contributed by atoms with van der Waals surface area (Å²) in [4.78, 5) is 15.7. The van der Waals surface area contributed by atoms with E-state index < -0.39 is 0 Å². The largest absolute Gasteiger partial charge is 0.467 e. The van der Waals surface area contributed by atoms with E-state index in [0.29, 0.717) is 5.75 Å². The molecule has 0 radical (unpaired) electrons. The van der Waals surface area contributed by atoms with Crippen LogP contribution in [0.25, 0.3) is 0 Å². The summed E-state index contributed by atoms with van der Waals surface area (Å²) in [7, 11) is 1.40. The Morgan fingerprint density at radius 1 is 1.44 bits per heavy atom. The summed E-state index contributed by atoms with van der Waals surface area (Å²) in [5.74, 6) is 0.421. The Hall–Kier alpha value is -1.29. The van der Waals surface area contributed by atoms with Gasteiger partial charge in [0.05, 0.1) is 12.2 Å². The van der Waals surface area contributed by atoms with Crippen LogP contribution in [0.15, 0.2) is 29.3 Å². The van der Waals surface area contributed by atoms with Crippen molar-refractivity contribution in [2.45, 2.75) is 13.0 Å². The molecule has 1 aromatic rings. The molecule has 0 saturated carbocycles. The highest BCUT2D eigenvalue weighted by molar-refractivity contribution is 8.14. The van der Waals surface area contributed by atoms with Gasteiger partial charge in [0.15, 0.2) is 6.04 Å². The second-order valence-electron chi connectivity index (χ2n) is 3.65. The predicted molar refractivity (Wildman–Crippen MR) is 66.0 cm³/mol. The van der Waals surface area contributed by atoms with Gasteiger partial charge in [-0.2, -0.15) is 0 Å². The average molecular weight is 235 g/mol. The number of methoxy groups -OCH3 is 1. The molecule has 4 heteroatoms. The Morgan fingerprint density at radius 2 is 2.12 bits per heavy atom. The lowest BCUT2D eigenvalue weighted by Gasteiger charge is -2.01. The van der Waals surface area contributed by atoms with Crippen LogP contribution in [-0.4, -0.2) is 29.9 Å². The van der Waals surface area contributed by atoms with E-state index in [1.54, 1.807) is 11.8 Å². The highest BCUT2D eigenvalue weighted by Gasteiger charge is 2.26. The van der Waals surface area contributed by atoms with Crippen molar-refractivity contribution in [2.75, 3.05) is 12.9 Å². The van der Waals surface area contributed by atoms with Gasteiger partial charge in [-0.1, -0.05) is 29.8 Å². The Balaban J connectivity index is 2.17. The van der Waals surface area contributed by atoms with Crippen LogP contribution in [0, 0.1) is 6.92 Å². The van der Waals surface area contributed by atoms with Crippen molar-refractivity contribution in [3.8, 4) is 0 Å². The molecule has 16 heavy (non-hydrogen) atoms. The molecule has 0 bridgehead atoms. The average Bonchev–Trinajstić information content (AvgIpc) is 2.78. The fourth-order valence-corrected chi connectivity index (χ4v) is 2.52. The van der Waals surface area contributed by atoms with E-state index in [9.17, 15) is 4.79 Å². The molecule has 0 N–H and O–H groups in total. The second-order valence-corrected chi connectivity index (χ2v) is 4.66. The monoisotopic (exact) mass is 235 g/mol. The molecule has 84 valence electrons. The first-order valence-corrected chi connectivity index (χ1v) is 6.04. The zero-order valence-corrected chi connectivity index (χ0v) is 10.1. The molecule has 0 fully saturated rings. The number of thioether (sulfide) groups is 1. The van der Waals surface area contributed by atoms with Crippen molar-refractivity contribution in [3.05, 3.63) is 35.4 Å². The molecule has 0 unspecified atom stereocenters. The van der Waals surface area contributed by atoms with Gasteiger partial charge in [0, 0.05) is 11.3 Å². The van der Waals surface area contributed by atoms with E-state index >= 15 is 0 Å². The molecule has 0 aromatic heterocycles. The Kier molecular flexibility index (Phi) is 3.29. The lowest BCUT2D eigenvalue weighted by atomic mass is 10.2. The highest BCUT2D eigenvalue weighted by atomic mass is 32.2. The summed E-state index contributed by atoms with van der Waals surface area (Å²) >= 11 is 1.60. The summed E-state index contributed by atoms with van der Waals surface area (Å²) in [6.07, 6.45) is 0. The number of hydrogen-bond acceptors (Lipinski definition) is 4. The Labute approximate surface area is 98.9 Å². The summed E-state index contributed by atoms with van der Waals surface area (Å²) in [5, 5.41) is 0.926. The topological polar surface area (TPSA) is 38.7 Å². The van der Waals surface area contributed by atoms with E-state index in [0.717, 1.165) is 10.6 Å². The molecule has 0 spiro atoms. The van der Waals surface area contributed by atoms with Crippen LogP contribution in [0.5, 0.6) is 0 Å². The molecule has 3 nitrogen and oxygen atoms in total. The number of nitrogens with zero attached hydrogens (tertiary/aromatic N) is 1. The first-order valence-electron chi connectivity index (χ1n) is 5.06. The van der Waals surface area contributed by atoms with Gasteiger partial charge in [0.2, 0.25) is 0 Å². The summed E-state index contributed by atoms with van der Waals surface area (Å²) < 4.78 is 4.68. The minimum absolute atomic E-state index is 0.255. The molecule has 0 aliphatic carbocycles. The van der Waals surface area contributed by atoms with Gasteiger partial charge >= 0.3 is 5.97 Å². The zero-order valence-electron chi connectivity index (χ0n) is 9.27. The molecule has 1 aliphatic rings. The maximum absolute atomic E-state index is 11.3. The number of rotatable bonds is 2. The van der Waals surface area contributed by atoms with Crippen LogP contribution in [0.4, 0.5) is 0 Å². The minimum Gasteiger partial charge on any atom is -0.467 e. The van der Waals surface area contributed by atoms with Crippen LogP contribution in [0.3, 0.4) is 0 Å². The first-order chi connectivity index (χ1) is 7.70. The summed E-state index contributed by atoms with van der Waals surface area (Å²) in [5.41, 5.74) is 2.29. The number of aliphatic imine (C=N–C) groups is 1. The quantitative estimate of drug-likeness (QED) is 0.736. The third-order valence-corrected chi connectivity index (χ3v) is 3.52. The predicted octanol–water partition coefficient (Wildman–Crippen LogP) is 2.03. The number of hydrogen-bond donors (Lipinski definition) is 0. The van der Waals surface area contributed by atoms with Crippen molar-refractivity contribution in [2.24, 2.45) is 4.99 Å². The molecule has 2 rings (SSSR count). The third kappa shape index (κ3) is 2.27. The van der Waals surface area contributed by atoms with Gasteiger partial charge in [0.25, 0.3) is 0 Å². The van der Waals surface area contributed by atoms with Crippen LogP contribution in [0.1, 0.15) is 11.1 Å². The lowest BCUT2D eigenvalue weighted by molar-refractivity contribution is -0.141. The molecular formula is C12H13NO2S. The normalized spacial score (nSPS) is 19.4. The van der Waals surface area contributed by atoms with E-state index in [2.05, 4.69) is 9.73 Å². The van der Waals surface area contributed by atoms with E-state index in [1.807, 2.05) is 31.2 Å². The molecule has 0 saturated heterocycles. The van der Waals surface area contributed by atoms with Crippen molar-refractivity contribution in [1.82, 2.24) is 0 Å². The third-order valence-electron chi connectivity index (χ3n) is 2.42. The lowest BCUT2D eigenvalue weighted by Crippen LogP contribution is -2.19. The molecule has 1 aromatic carbocycles. The van der Waals surface area contributed by atoms with E-state index in [4.69, 9.17) is 0 Å². The summed E-state index contributed by atoms with van der Waals surface area (Å²) in [6.45, 7) is 2.05. The van der Waals surface area contributed by atoms with Crippen LogP contribution in [0.2, 0.25) is 0 Å². The van der Waals surface area contributed by atoms with Crippen molar-refractivity contribution in [1.29, 1.82) is 0 Å². The SMILES string of the molecule is COC(=O)[C@H]1CSC(c2ccc(C)cc2)=N1. The Morgan fingerprint density at radius 3 is 2.75 bits per heavy atom.